The average molecular weight is 943 g/mol. The fourth-order valence-electron chi connectivity index (χ4n) is 8.26. The quantitative estimate of drug-likeness (QED) is 0.215. The summed E-state index contributed by atoms with van der Waals surface area (Å²) >= 11 is 1.64. The van der Waals surface area contributed by atoms with E-state index >= 15 is 0 Å². The van der Waals surface area contributed by atoms with Crippen LogP contribution >= 0.6 is 11.8 Å². The maximum Gasteiger partial charge on any atom is 0.354 e. The molecule has 4 aliphatic rings. The van der Waals surface area contributed by atoms with Crippen LogP contribution in [0.1, 0.15) is 60.4 Å². The number of aromatic carboxylic acids is 1. The number of carbonyl (C=O) groups is 4. The molecule has 3 unspecified atom stereocenters. The lowest BCUT2D eigenvalue weighted by Gasteiger charge is -2.34. The van der Waals surface area contributed by atoms with Crippen molar-refractivity contribution in [2.45, 2.75) is 58.3 Å². The number of hydrogen-bond donors (Lipinski definition) is 3. The van der Waals surface area contributed by atoms with Crippen molar-refractivity contribution in [1.29, 1.82) is 0 Å². The number of carboxylic acid groups (broad SMARTS) is 2. The molecule has 1 aromatic carbocycles. The van der Waals surface area contributed by atoms with Crippen molar-refractivity contribution in [2.24, 2.45) is 16.8 Å². The minimum absolute atomic E-state index is 0.0104. The zero-order valence-corrected chi connectivity index (χ0v) is 39.6. The lowest BCUT2D eigenvalue weighted by molar-refractivity contribution is -0.132. The Hall–Kier alpha value is -5.01. The van der Waals surface area contributed by atoms with Crippen molar-refractivity contribution in [3.63, 3.8) is 0 Å². The number of rotatable bonds is 14. The predicted octanol–water partition coefficient (Wildman–Crippen LogP) is 4.97. The maximum atomic E-state index is 13.8. The van der Waals surface area contributed by atoms with Gasteiger partial charge >= 0.3 is 11.9 Å². The highest BCUT2D eigenvalue weighted by Crippen LogP contribution is 2.33. The smallest absolute Gasteiger partial charge is 0.354 e. The number of carboxylic acids is 2. The molecule has 362 valence electrons. The molecule has 4 heterocycles. The maximum absolute atomic E-state index is 13.8. The Labute approximate surface area is 398 Å². The SMILES string of the molecule is CC1CC=CC2=C1N(C(=O)CCC(=O)NCCSC[C@@H]1COCCN(Cc3cccc(C(=O)O)n3)CCOCCOCCN(CC3N=C(C(=O)O)C=CC3C)CCO1)Cc1ccccc1/C=C\2. The summed E-state index contributed by atoms with van der Waals surface area (Å²) in [4.78, 5) is 65.2. The van der Waals surface area contributed by atoms with E-state index in [1.807, 2.05) is 30.0 Å². The second-order valence-corrected chi connectivity index (χ2v) is 18.3. The van der Waals surface area contributed by atoms with Crippen LogP contribution in [0, 0.1) is 11.8 Å². The van der Waals surface area contributed by atoms with E-state index in [-0.39, 0.29) is 60.0 Å². The number of fused-ring (bicyclic) bond motifs is 1. The summed E-state index contributed by atoms with van der Waals surface area (Å²) in [5, 5.41) is 22.1. The molecule has 0 bridgehead atoms. The van der Waals surface area contributed by atoms with E-state index in [9.17, 15) is 29.4 Å². The zero-order chi connectivity index (χ0) is 47.4. The number of ether oxygens (including phenoxy) is 4. The van der Waals surface area contributed by atoms with Gasteiger partial charge in [0, 0.05) is 81.8 Å². The van der Waals surface area contributed by atoms with Crippen molar-refractivity contribution in [3.05, 3.63) is 107 Å². The van der Waals surface area contributed by atoms with Crippen LogP contribution in [0.2, 0.25) is 0 Å². The highest BCUT2D eigenvalue weighted by Gasteiger charge is 2.28. The van der Waals surface area contributed by atoms with Crippen molar-refractivity contribution in [3.8, 4) is 0 Å². The molecule has 16 nitrogen and oxygen atoms in total. The van der Waals surface area contributed by atoms with Crippen LogP contribution in [-0.4, -0.2) is 169 Å². The molecule has 2 aromatic rings. The van der Waals surface area contributed by atoms with Crippen LogP contribution in [0.5, 0.6) is 0 Å². The molecule has 2 amide bonds. The van der Waals surface area contributed by atoms with Crippen LogP contribution < -0.4 is 5.32 Å². The van der Waals surface area contributed by atoms with Crippen molar-refractivity contribution in [1.82, 2.24) is 25.0 Å². The first kappa shape index (κ1) is 51.4. The number of amides is 2. The monoisotopic (exact) mass is 942 g/mol. The molecule has 0 saturated carbocycles. The summed E-state index contributed by atoms with van der Waals surface area (Å²) in [5.74, 6) is -0.897. The molecule has 67 heavy (non-hydrogen) atoms. The molecule has 1 saturated heterocycles. The lowest BCUT2D eigenvalue weighted by Crippen LogP contribution is -2.41. The van der Waals surface area contributed by atoms with Gasteiger partial charge in [0.1, 0.15) is 11.4 Å². The number of allylic oxidation sites excluding steroid dienone is 5. The van der Waals surface area contributed by atoms with Crippen LogP contribution in [-0.2, 0) is 46.4 Å². The number of nitrogens with one attached hydrogen (secondary N) is 1. The van der Waals surface area contributed by atoms with E-state index in [1.54, 1.807) is 30.0 Å². The van der Waals surface area contributed by atoms with E-state index in [4.69, 9.17) is 18.9 Å². The average Bonchev–Trinajstić information content (AvgIpc) is 3.31. The number of thioether (sulfide) groups is 1. The molecular formula is C50H66N6O10S. The fourth-order valence-corrected chi connectivity index (χ4v) is 9.13. The molecule has 0 radical (unpaired) electrons. The molecular weight excluding hydrogens is 877 g/mol. The predicted molar refractivity (Wildman–Crippen MR) is 258 cm³/mol. The van der Waals surface area contributed by atoms with Crippen molar-refractivity contribution in [2.75, 3.05) is 97.0 Å². The number of benzene rings is 1. The first-order chi connectivity index (χ1) is 32.5. The van der Waals surface area contributed by atoms with Crippen molar-refractivity contribution >= 4 is 47.3 Å². The first-order valence-corrected chi connectivity index (χ1v) is 24.5. The molecule has 17 heteroatoms. The van der Waals surface area contributed by atoms with Gasteiger partial charge in [-0.25, -0.2) is 14.6 Å². The largest absolute Gasteiger partial charge is 0.477 e. The number of nitrogens with zero attached hydrogens (tertiary/aromatic N) is 5. The minimum atomic E-state index is -1.08. The Balaban J connectivity index is 1.02. The summed E-state index contributed by atoms with van der Waals surface area (Å²) in [6.07, 6.45) is 12.7. The van der Waals surface area contributed by atoms with Gasteiger partial charge in [-0.1, -0.05) is 74.6 Å². The highest BCUT2D eigenvalue weighted by molar-refractivity contribution is 7.99. The van der Waals surface area contributed by atoms with Gasteiger partial charge in [-0.3, -0.25) is 24.4 Å². The lowest BCUT2D eigenvalue weighted by atomic mass is 9.89. The first-order valence-electron chi connectivity index (χ1n) is 23.3. The zero-order valence-electron chi connectivity index (χ0n) is 38.8. The number of hydrogen-bond acceptors (Lipinski definition) is 13. The third kappa shape index (κ3) is 16.6. The molecule has 1 fully saturated rings. The molecule has 6 rings (SSSR count). The Kier molecular flexibility index (Phi) is 20.8. The summed E-state index contributed by atoms with van der Waals surface area (Å²) < 4.78 is 24.5. The Morgan fingerprint density at radius 2 is 1.58 bits per heavy atom. The topological polar surface area (TPSA) is 193 Å². The van der Waals surface area contributed by atoms with Gasteiger partial charge in [0.05, 0.1) is 70.6 Å². The van der Waals surface area contributed by atoms with Gasteiger partial charge in [0.15, 0.2) is 0 Å². The number of dihydropyridines is 1. The Morgan fingerprint density at radius 1 is 0.821 bits per heavy atom. The van der Waals surface area contributed by atoms with Gasteiger partial charge in [-0.2, -0.15) is 11.8 Å². The van der Waals surface area contributed by atoms with E-state index in [0.717, 1.165) is 28.8 Å². The van der Waals surface area contributed by atoms with E-state index < -0.39 is 11.9 Å². The van der Waals surface area contributed by atoms with E-state index in [2.05, 4.69) is 68.5 Å². The summed E-state index contributed by atoms with van der Waals surface area (Å²) in [6, 6.07) is 12.8. The molecule has 4 atom stereocenters. The van der Waals surface area contributed by atoms with Crippen LogP contribution in [0.3, 0.4) is 0 Å². The molecule has 1 aromatic heterocycles. The second-order valence-electron chi connectivity index (χ2n) is 17.1. The number of aliphatic imine (C=N–C) groups is 1. The summed E-state index contributed by atoms with van der Waals surface area (Å²) in [5.41, 5.74) is 4.85. The number of aromatic nitrogens is 1. The minimum Gasteiger partial charge on any atom is -0.477 e. The van der Waals surface area contributed by atoms with Gasteiger partial charge in [-0.05, 0) is 47.2 Å². The molecule has 3 N–H and O–H groups in total. The molecule has 0 spiro atoms. The third-order valence-electron chi connectivity index (χ3n) is 12.0. The Morgan fingerprint density at radius 3 is 2.37 bits per heavy atom. The van der Waals surface area contributed by atoms with E-state index in [1.165, 1.54) is 6.07 Å². The van der Waals surface area contributed by atoms with Gasteiger partial charge in [0.2, 0.25) is 11.8 Å². The fraction of sp³-hybridized carbons (Fsp3) is 0.520. The van der Waals surface area contributed by atoms with Gasteiger partial charge in [0.25, 0.3) is 0 Å². The van der Waals surface area contributed by atoms with Gasteiger partial charge in [-0.15, -0.1) is 0 Å². The normalized spacial score (nSPS) is 23.4. The highest BCUT2D eigenvalue weighted by atomic mass is 32.2. The molecule has 3 aliphatic heterocycles. The number of aliphatic carboxylic acids is 1. The van der Waals surface area contributed by atoms with Crippen LogP contribution in [0.4, 0.5) is 0 Å². The third-order valence-corrected chi connectivity index (χ3v) is 13.1. The van der Waals surface area contributed by atoms with Gasteiger partial charge < -0.3 is 39.4 Å². The number of pyridine rings is 1. The summed E-state index contributed by atoms with van der Waals surface area (Å²) in [7, 11) is 0. The van der Waals surface area contributed by atoms with Crippen molar-refractivity contribution < 1.29 is 48.3 Å². The standard InChI is InChI=1S/C50H66N6O10S/c1-36-13-16-44(50(61)62)53-45(36)33-55-21-25-64-29-28-63-24-20-54(32-41-11-6-12-43(52-41)49(59)60)22-26-65-34-42(66-27-23-55)35-67-30-19-51-46(57)17-18-47(58)56-31-40-9-4-3-8-38(40)14-15-39-10-5-7-37(2)48(39)56/h3-6,8-16,36-37,42,45H,7,17-35H2,1-2H3,(H,51,57)(H,59,60)(H,61,62)/b15-14-/t36?,37?,42-,45?/m0/s1. The van der Waals surface area contributed by atoms with Crippen LogP contribution in [0.15, 0.2) is 89.1 Å². The summed E-state index contributed by atoms with van der Waals surface area (Å²) in [6.45, 7) is 11.1. The van der Waals surface area contributed by atoms with Crippen LogP contribution in [0.25, 0.3) is 6.08 Å². The number of carbonyl (C=O) groups excluding carboxylic acids is 2. The molecule has 1 aliphatic carbocycles. The second kappa shape index (κ2) is 27.1. The van der Waals surface area contributed by atoms with E-state index in [0.29, 0.717) is 116 Å². The Bertz CT molecular complexity index is 2140.